The quantitative estimate of drug-likeness (QED) is 0.706. The van der Waals surface area contributed by atoms with Crippen LogP contribution in [0.4, 0.5) is 0 Å². The van der Waals surface area contributed by atoms with Crippen LogP contribution in [0.15, 0.2) is 39.8 Å². The van der Waals surface area contributed by atoms with Crippen LogP contribution in [0.25, 0.3) is 11.5 Å². The van der Waals surface area contributed by atoms with E-state index >= 15 is 0 Å². The Morgan fingerprint density at radius 1 is 1.25 bits per heavy atom. The van der Waals surface area contributed by atoms with Crippen LogP contribution in [0.2, 0.25) is 0 Å². The first-order valence-electron chi connectivity index (χ1n) is 7.27. The number of nitrogens with one attached hydrogen (secondary N) is 2. The summed E-state index contributed by atoms with van der Waals surface area (Å²) in [6.07, 6.45) is 3.41. The molecule has 9 nitrogen and oxygen atoms in total. The number of hydrogen-bond acceptors (Lipinski definition) is 7. The van der Waals surface area contributed by atoms with E-state index in [2.05, 4.69) is 30.5 Å². The number of pyridine rings is 1. The first-order valence-corrected chi connectivity index (χ1v) is 7.27. The van der Waals surface area contributed by atoms with Gasteiger partial charge in [0.15, 0.2) is 5.82 Å². The van der Waals surface area contributed by atoms with Gasteiger partial charge in [-0.05, 0) is 12.1 Å². The molecule has 0 aliphatic carbocycles. The minimum absolute atomic E-state index is 0.0350. The van der Waals surface area contributed by atoms with Crippen LogP contribution < -0.4 is 10.9 Å². The smallest absolute Gasteiger partial charge is 0.264 e. The predicted molar refractivity (Wildman–Crippen MR) is 82.9 cm³/mol. The van der Waals surface area contributed by atoms with Crippen molar-refractivity contribution in [2.45, 2.75) is 19.9 Å². The summed E-state index contributed by atoms with van der Waals surface area (Å²) in [5.74, 6) is 0.474. The van der Waals surface area contributed by atoms with Crippen LogP contribution in [0.1, 0.15) is 29.1 Å². The fourth-order valence-corrected chi connectivity index (χ4v) is 1.94. The molecular formula is C15H14N6O3. The van der Waals surface area contributed by atoms with Crippen molar-refractivity contribution in [3.05, 3.63) is 58.3 Å². The van der Waals surface area contributed by atoms with Crippen LogP contribution in [0, 0.1) is 0 Å². The van der Waals surface area contributed by atoms with E-state index in [-0.39, 0.29) is 18.0 Å². The number of carbonyl (C=O) groups excluding carboxylic acids is 1. The number of H-pyrrole nitrogens is 1. The number of aromatic amines is 1. The number of carbonyl (C=O) groups is 1. The van der Waals surface area contributed by atoms with Crippen molar-refractivity contribution in [2.24, 2.45) is 0 Å². The molecule has 2 N–H and O–H groups in total. The molecule has 122 valence electrons. The molecule has 1 amide bonds. The van der Waals surface area contributed by atoms with E-state index < -0.39 is 11.5 Å². The average molecular weight is 326 g/mol. The second-order valence-electron chi connectivity index (χ2n) is 4.82. The van der Waals surface area contributed by atoms with Crippen molar-refractivity contribution >= 4 is 5.91 Å². The number of amides is 1. The summed E-state index contributed by atoms with van der Waals surface area (Å²) in [4.78, 5) is 34.9. The summed E-state index contributed by atoms with van der Waals surface area (Å²) in [5, 5.41) is 10.1. The Labute approximate surface area is 136 Å². The third-order valence-electron chi connectivity index (χ3n) is 3.16. The largest absolute Gasteiger partial charge is 0.423 e. The first kappa shape index (κ1) is 15.5. The maximum Gasteiger partial charge on any atom is 0.264 e. The molecule has 3 aromatic heterocycles. The molecule has 0 saturated heterocycles. The Hall–Kier alpha value is -3.36. The normalized spacial score (nSPS) is 10.5. The fraction of sp³-hybridized carbons (Fsp3) is 0.200. The van der Waals surface area contributed by atoms with E-state index in [0.717, 1.165) is 0 Å². The summed E-state index contributed by atoms with van der Waals surface area (Å²) >= 11 is 0. The zero-order chi connectivity index (χ0) is 16.9. The second-order valence-corrected chi connectivity index (χ2v) is 4.82. The highest BCUT2D eigenvalue weighted by atomic mass is 16.4. The van der Waals surface area contributed by atoms with Crippen LogP contribution in [-0.4, -0.2) is 31.1 Å². The Morgan fingerprint density at radius 3 is 2.75 bits per heavy atom. The Balaban J connectivity index is 1.72. The van der Waals surface area contributed by atoms with Crippen LogP contribution in [0.5, 0.6) is 0 Å². The number of rotatable bonds is 5. The van der Waals surface area contributed by atoms with Gasteiger partial charge in [0.1, 0.15) is 11.3 Å². The third kappa shape index (κ3) is 3.35. The van der Waals surface area contributed by atoms with E-state index in [0.29, 0.717) is 23.8 Å². The number of hydrogen-bond donors (Lipinski definition) is 2. The standard InChI is InChI=1S/C15H14N6O3/c1-2-11-20-21-12(24-11)8-18-14(22)9-7-17-13(19-15(9)23)10-5-3-4-6-16-10/h3-7H,2,8H2,1H3,(H,18,22)(H,17,19,23). The highest BCUT2D eigenvalue weighted by Gasteiger charge is 2.14. The van der Waals surface area contributed by atoms with Crippen molar-refractivity contribution in [1.29, 1.82) is 0 Å². The Kier molecular flexibility index (Phi) is 4.41. The molecule has 0 radical (unpaired) electrons. The molecule has 0 fully saturated rings. The molecule has 0 aliphatic rings. The minimum atomic E-state index is -0.576. The lowest BCUT2D eigenvalue weighted by atomic mass is 10.3. The van der Waals surface area contributed by atoms with Crippen molar-refractivity contribution < 1.29 is 9.21 Å². The van der Waals surface area contributed by atoms with Gasteiger partial charge in [-0.3, -0.25) is 14.6 Å². The lowest BCUT2D eigenvalue weighted by molar-refractivity contribution is 0.0945. The van der Waals surface area contributed by atoms with Gasteiger partial charge in [-0.25, -0.2) is 4.98 Å². The maximum atomic E-state index is 12.1. The third-order valence-corrected chi connectivity index (χ3v) is 3.16. The zero-order valence-corrected chi connectivity index (χ0v) is 12.8. The number of nitrogens with zero attached hydrogens (tertiary/aromatic N) is 4. The summed E-state index contributed by atoms with van der Waals surface area (Å²) in [6.45, 7) is 1.91. The van der Waals surface area contributed by atoms with E-state index in [9.17, 15) is 9.59 Å². The second kappa shape index (κ2) is 6.82. The van der Waals surface area contributed by atoms with E-state index in [1.165, 1.54) is 6.20 Å². The summed E-state index contributed by atoms with van der Waals surface area (Å²) in [7, 11) is 0. The number of aryl methyl sites for hydroxylation is 1. The lowest BCUT2D eigenvalue weighted by Gasteiger charge is -2.03. The summed E-state index contributed by atoms with van der Waals surface area (Å²) in [5.41, 5.74) is -0.146. The van der Waals surface area contributed by atoms with Gasteiger partial charge in [-0.2, -0.15) is 0 Å². The lowest BCUT2D eigenvalue weighted by Crippen LogP contribution is -2.30. The van der Waals surface area contributed by atoms with Crippen LogP contribution in [-0.2, 0) is 13.0 Å². The monoisotopic (exact) mass is 326 g/mol. The van der Waals surface area contributed by atoms with Gasteiger partial charge < -0.3 is 14.7 Å². The van der Waals surface area contributed by atoms with Gasteiger partial charge in [-0.1, -0.05) is 13.0 Å². The molecule has 0 spiro atoms. The van der Waals surface area contributed by atoms with E-state index in [4.69, 9.17) is 4.42 Å². The molecular weight excluding hydrogens is 312 g/mol. The minimum Gasteiger partial charge on any atom is -0.423 e. The number of aromatic nitrogens is 5. The molecule has 0 saturated carbocycles. The molecule has 24 heavy (non-hydrogen) atoms. The van der Waals surface area contributed by atoms with E-state index in [1.54, 1.807) is 24.4 Å². The first-order chi connectivity index (χ1) is 11.7. The fourth-order valence-electron chi connectivity index (χ4n) is 1.94. The van der Waals surface area contributed by atoms with Crippen molar-refractivity contribution in [1.82, 2.24) is 30.5 Å². The van der Waals surface area contributed by atoms with Crippen molar-refractivity contribution in [2.75, 3.05) is 0 Å². The molecule has 0 unspecified atom stereocenters. The molecule has 9 heteroatoms. The molecule has 0 aromatic carbocycles. The summed E-state index contributed by atoms with van der Waals surface area (Å²) in [6, 6.07) is 5.24. The predicted octanol–water partition coefficient (Wildman–Crippen LogP) is 0.707. The van der Waals surface area contributed by atoms with Gasteiger partial charge in [0.25, 0.3) is 11.5 Å². The van der Waals surface area contributed by atoms with Gasteiger partial charge >= 0.3 is 0 Å². The molecule has 3 heterocycles. The van der Waals surface area contributed by atoms with Gasteiger partial charge in [0, 0.05) is 18.8 Å². The maximum absolute atomic E-state index is 12.1. The highest BCUT2D eigenvalue weighted by molar-refractivity contribution is 5.93. The van der Waals surface area contributed by atoms with Gasteiger partial charge in [0.05, 0.1) is 6.54 Å². The summed E-state index contributed by atoms with van der Waals surface area (Å²) < 4.78 is 5.28. The van der Waals surface area contributed by atoms with Crippen molar-refractivity contribution in [3.8, 4) is 11.5 Å². The van der Waals surface area contributed by atoms with Gasteiger partial charge in [-0.15, -0.1) is 10.2 Å². The SMILES string of the molecule is CCc1nnc(CNC(=O)c2cnc(-c3ccccn3)[nH]c2=O)o1. The zero-order valence-electron chi connectivity index (χ0n) is 12.8. The highest BCUT2D eigenvalue weighted by Crippen LogP contribution is 2.08. The van der Waals surface area contributed by atoms with Crippen LogP contribution >= 0.6 is 0 Å². The molecule has 0 aliphatic heterocycles. The Morgan fingerprint density at radius 2 is 2.08 bits per heavy atom. The van der Waals surface area contributed by atoms with E-state index in [1.807, 2.05) is 6.92 Å². The average Bonchev–Trinajstić information content (AvgIpc) is 3.08. The van der Waals surface area contributed by atoms with Gasteiger partial charge in [0.2, 0.25) is 11.8 Å². The Bertz CT molecular complexity index is 903. The molecule has 3 aromatic rings. The van der Waals surface area contributed by atoms with Crippen LogP contribution in [0.3, 0.4) is 0 Å². The molecule has 0 bridgehead atoms. The molecule has 3 rings (SSSR count). The topological polar surface area (TPSA) is 127 Å². The molecule has 0 atom stereocenters. The van der Waals surface area contributed by atoms with Crippen molar-refractivity contribution in [3.63, 3.8) is 0 Å².